The van der Waals surface area contributed by atoms with Gasteiger partial charge in [-0.05, 0) is 18.8 Å². The molecule has 1 fully saturated rings. The Labute approximate surface area is 78.5 Å². The lowest BCUT2D eigenvalue weighted by Gasteiger charge is -2.27. The molecule has 2 atom stereocenters. The van der Waals surface area contributed by atoms with Crippen molar-refractivity contribution in [2.24, 2.45) is 11.8 Å². The largest absolute Gasteiger partial charge is 0.393 e. The van der Waals surface area contributed by atoms with Gasteiger partial charge in [0.15, 0.2) is 0 Å². The zero-order chi connectivity index (χ0) is 9.84. The Bertz CT molecular complexity index is 210. The zero-order valence-corrected chi connectivity index (χ0v) is 8.21. The second-order valence-corrected chi connectivity index (χ2v) is 3.56. The second kappa shape index (κ2) is 4.40. The van der Waals surface area contributed by atoms with Crippen LogP contribution in [0.5, 0.6) is 0 Å². The summed E-state index contributed by atoms with van der Waals surface area (Å²) in [6, 6.07) is 0. The van der Waals surface area contributed by atoms with Crippen molar-refractivity contribution in [2.45, 2.75) is 39.5 Å². The first-order chi connectivity index (χ1) is 6.19. The van der Waals surface area contributed by atoms with Crippen molar-refractivity contribution in [1.82, 2.24) is 0 Å². The summed E-state index contributed by atoms with van der Waals surface area (Å²) in [6.45, 7) is 4.03. The summed E-state index contributed by atoms with van der Waals surface area (Å²) in [6.07, 6.45) is 3.15. The molecule has 0 saturated carbocycles. The van der Waals surface area contributed by atoms with Crippen LogP contribution in [-0.4, -0.2) is 11.9 Å². The molecule has 0 aromatic carbocycles. The number of esters is 2. The van der Waals surface area contributed by atoms with Crippen LogP contribution in [0.15, 0.2) is 0 Å². The molecule has 13 heavy (non-hydrogen) atoms. The zero-order valence-electron chi connectivity index (χ0n) is 8.21. The van der Waals surface area contributed by atoms with Crippen molar-refractivity contribution < 1.29 is 14.3 Å². The van der Waals surface area contributed by atoms with Crippen LogP contribution >= 0.6 is 0 Å². The van der Waals surface area contributed by atoms with E-state index in [1.807, 2.05) is 6.92 Å². The highest BCUT2D eigenvalue weighted by Crippen LogP contribution is 2.29. The number of carbonyl (C=O) groups excluding carboxylic acids is 2. The van der Waals surface area contributed by atoms with Crippen molar-refractivity contribution in [3.8, 4) is 0 Å². The molecule has 0 aliphatic carbocycles. The first-order valence-electron chi connectivity index (χ1n) is 4.93. The lowest BCUT2D eigenvalue weighted by Crippen LogP contribution is -2.35. The van der Waals surface area contributed by atoms with Gasteiger partial charge in [-0.15, -0.1) is 0 Å². The number of carbonyl (C=O) groups is 2. The van der Waals surface area contributed by atoms with Crippen LogP contribution < -0.4 is 0 Å². The molecular weight excluding hydrogens is 168 g/mol. The Morgan fingerprint density at radius 2 is 2.08 bits per heavy atom. The predicted octanol–water partition coefficient (Wildman–Crippen LogP) is 1.90. The summed E-state index contributed by atoms with van der Waals surface area (Å²) >= 11 is 0. The first kappa shape index (κ1) is 10.2. The molecule has 0 bridgehead atoms. The molecule has 3 heteroatoms. The minimum absolute atomic E-state index is 0.0577. The fourth-order valence-corrected chi connectivity index (χ4v) is 1.95. The van der Waals surface area contributed by atoms with Gasteiger partial charge in [0.25, 0.3) is 0 Å². The molecule has 0 radical (unpaired) electrons. The van der Waals surface area contributed by atoms with Crippen LogP contribution in [0.4, 0.5) is 0 Å². The number of hydrogen-bond donors (Lipinski definition) is 0. The van der Waals surface area contributed by atoms with Gasteiger partial charge >= 0.3 is 11.9 Å². The van der Waals surface area contributed by atoms with E-state index >= 15 is 0 Å². The van der Waals surface area contributed by atoms with E-state index < -0.39 is 0 Å². The number of cyclic esters (lactones) is 2. The molecule has 1 unspecified atom stereocenters. The number of rotatable bonds is 3. The summed E-state index contributed by atoms with van der Waals surface area (Å²) in [5.74, 6) is -0.522. The average Bonchev–Trinajstić information content (AvgIpc) is 2.04. The van der Waals surface area contributed by atoms with Gasteiger partial charge in [-0.2, -0.15) is 0 Å². The lowest BCUT2D eigenvalue weighted by atomic mass is 9.83. The van der Waals surface area contributed by atoms with Crippen LogP contribution in [0.3, 0.4) is 0 Å². The molecule has 3 nitrogen and oxygen atoms in total. The maximum atomic E-state index is 11.3. The van der Waals surface area contributed by atoms with Gasteiger partial charge in [0.05, 0.1) is 5.92 Å². The maximum absolute atomic E-state index is 11.3. The molecule has 0 aromatic heterocycles. The van der Waals surface area contributed by atoms with Gasteiger partial charge < -0.3 is 4.74 Å². The maximum Gasteiger partial charge on any atom is 0.316 e. The molecule has 74 valence electrons. The highest BCUT2D eigenvalue weighted by Gasteiger charge is 2.35. The van der Waals surface area contributed by atoms with Gasteiger partial charge in [0, 0.05) is 6.42 Å². The van der Waals surface area contributed by atoms with Crippen molar-refractivity contribution in [2.75, 3.05) is 0 Å². The Balaban J connectivity index is 2.65. The average molecular weight is 184 g/mol. The van der Waals surface area contributed by atoms with E-state index in [9.17, 15) is 9.59 Å². The van der Waals surface area contributed by atoms with Crippen LogP contribution in [0.2, 0.25) is 0 Å². The van der Waals surface area contributed by atoms with Crippen LogP contribution in [0.1, 0.15) is 39.5 Å². The van der Waals surface area contributed by atoms with Crippen LogP contribution in [0, 0.1) is 11.8 Å². The summed E-state index contributed by atoms with van der Waals surface area (Å²) in [7, 11) is 0. The van der Waals surface area contributed by atoms with E-state index in [0.29, 0.717) is 6.42 Å². The van der Waals surface area contributed by atoms with E-state index in [0.717, 1.165) is 19.3 Å². The van der Waals surface area contributed by atoms with E-state index in [2.05, 4.69) is 11.7 Å². The Morgan fingerprint density at radius 1 is 1.38 bits per heavy atom. The number of hydrogen-bond acceptors (Lipinski definition) is 3. The lowest BCUT2D eigenvalue weighted by molar-refractivity contribution is -0.171. The molecule has 0 amide bonds. The van der Waals surface area contributed by atoms with E-state index in [4.69, 9.17) is 0 Å². The topological polar surface area (TPSA) is 43.4 Å². The smallest absolute Gasteiger partial charge is 0.316 e. The van der Waals surface area contributed by atoms with Gasteiger partial charge in [-0.3, -0.25) is 9.59 Å². The monoisotopic (exact) mass is 184 g/mol. The van der Waals surface area contributed by atoms with Crippen LogP contribution in [-0.2, 0) is 14.3 Å². The third-order valence-corrected chi connectivity index (χ3v) is 2.61. The van der Waals surface area contributed by atoms with Gasteiger partial charge in [-0.1, -0.05) is 20.3 Å². The fraction of sp³-hybridized carbons (Fsp3) is 0.800. The molecule has 1 saturated heterocycles. The van der Waals surface area contributed by atoms with Crippen molar-refractivity contribution >= 4 is 11.9 Å². The minimum Gasteiger partial charge on any atom is -0.393 e. The highest BCUT2D eigenvalue weighted by atomic mass is 16.6. The normalized spacial score (nSPS) is 28.8. The minimum atomic E-state index is -0.354. The summed E-state index contributed by atoms with van der Waals surface area (Å²) in [5.41, 5.74) is 0. The van der Waals surface area contributed by atoms with Gasteiger partial charge in [-0.25, -0.2) is 0 Å². The van der Waals surface area contributed by atoms with E-state index in [1.165, 1.54) is 0 Å². The van der Waals surface area contributed by atoms with Crippen LogP contribution in [0.25, 0.3) is 0 Å². The SMILES string of the molecule is CCCC1CC(=O)OC(=O)[C@H]1CC. The molecule has 0 N–H and O–H groups in total. The Kier molecular flexibility index (Phi) is 3.46. The summed E-state index contributed by atoms with van der Waals surface area (Å²) in [4.78, 5) is 22.3. The van der Waals surface area contributed by atoms with Crippen molar-refractivity contribution in [3.63, 3.8) is 0 Å². The van der Waals surface area contributed by atoms with E-state index in [1.54, 1.807) is 0 Å². The molecule has 1 aliphatic heterocycles. The summed E-state index contributed by atoms with van der Waals surface area (Å²) < 4.78 is 4.59. The van der Waals surface area contributed by atoms with E-state index in [-0.39, 0.29) is 23.8 Å². The summed E-state index contributed by atoms with van der Waals surface area (Å²) in [5, 5.41) is 0. The Hall–Kier alpha value is -0.860. The third kappa shape index (κ3) is 2.29. The quantitative estimate of drug-likeness (QED) is 0.497. The molecule has 1 heterocycles. The number of ether oxygens (including phenoxy) is 1. The third-order valence-electron chi connectivity index (χ3n) is 2.61. The van der Waals surface area contributed by atoms with Gasteiger partial charge in [0.2, 0.25) is 0 Å². The predicted molar refractivity (Wildman–Crippen MR) is 47.9 cm³/mol. The first-order valence-corrected chi connectivity index (χ1v) is 4.93. The molecule has 0 spiro atoms. The highest BCUT2D eigenvalue weighted by molar-refractivity contribution is 5.89. The standard InChI is InChI=1S/C10H16O3/c1-3-5-7-6-9(11)13-10(12)8(7)4-2/h7-8H,3-6H2,1-2H3/t7?,8-/m0/s1. The molecule has 0 aromatic rings. The molecule has 1 rings (SSSR count). The fourth-order valence-electron chi connectivity index (χ4n) is 1.95. The van der Waals surface area contributed by atoms with Crippen molar-refractivity contribution in [1.29, 1.82) is 0 Å². The van der Waals surface area contributed by atoms with Gasteiger partial charge in [0.1, 0.15) is 0 Å². The molecular formula is C10H16O3. The second-order valence-electron chi connectivity index (χ2n) is 3.56. The van der Waals surface area contributed by atoms with Crippen molar-refractivity contribution in [3.05, 3.63) is 0 Å². The Morgan fingerprint density at radius 3 is 2.62 bits per heavy atom. The molecule has 1 aliphatic rings.